The molecule has 1 aromatic carbocycles. The number of hydrogen-bond acceptors (Lipinski definition) is 3. The van der Waals surface area contributed by atoms with E-state index in [0.29, 0.717) is 6.42 Å². The maximum atomic E-state index is 11.6. The number of hydrogen-bond donors (Lipinski definition) is 2. The van der Waals surface area contributed by atoms with Crippen LogP contribution in [0.25, 0.3) is 0 Å². The Morgan fingerprint density at radius 1 is 1.15 bits per heavy atom. The zero-order chi connectivity index (χ0) is 14.1. The van der Waals surface area contributed by atoms with Gasteiger partial charge in [0.25, 0.3) is 0 Å². The molecule has 0 amide bonds. The Bertz CT molecular complexity index is 502. The summed E-state index contributed by atoms with van der Waals surface area (Å²) in [5.41, 5.74) is 2.07. The second kappa shape index (κ2) is 5.44. The van der Waals surface area contributed by atoms with Crippen molar-refractivity contribution in [2.75, 3.05) is 4.90 Å². The lowest BCUT2D eigenvalue weighted by Crippen LogP contribution is -2.50. The van der Waals surface area contributed by atoms with Gasteiger partial charge in [-0.2, -0.15) is 0 Å². The molecule has 3 unspecified atom stereocenters. The highest BCUT2D eigenvalue weighted by atomic mass is 16.4. The Labute approximate surface area is 119 Å². The molecule has 0 bridgehead atoms. The second-order valence-electron chi connectivity index (χ2n) is 5.87. The standard InChI is InChI=1S/C16H21NO3/c18-15-9-3-1-2-8-13(15)17-12-7-5-4-6-11(12)10-14(17)16(19)20/h4-7,13-15,18H,1-3,8-10H2,(H,19,20). The average molecular weight is 275 g/mol. The fraction of sp³-hybridized carbons (Fsp3) is 0.562. The Balaban J connectivity index is 1.96. The van der Waals surface area contributed by atoms with Crippen LogP contribution in [0.5, 0.6) is 0 Å². The van der Waals surface area contributed by atoms with E-state index in [9.17, 15) is 15.0 Å². The van der Waals surface area contributed by atoms with Gasteiger partial charge in [-0.25, -0.2) is 4.79 Å². The molecular formula is C16H21NO3. The lowest BCUT2D eigenvalue weighted by Gasteiger charge is -2.36. The molecule has 2 N–H and O–H groups in total. The van der Waals surface area contributed by atoms with E-state index in [-0.39, 0.29) is 6.04 Å². The van der Waals surface area contributed by atoms with Crippen molar-refractivity contribution in [3.05, 3.63) is 29.8 Å². The van der Waals surface area contributed by atoms with Crippen molar-refractivity contribution in [3.8, 4) is 0 Å². The van der Waals surface area contributed by atoms with Crippen molar-refractivity contribution in [2.24, 2.45) is 0 Å². The molecule has 1 aliphatic carbocycles. The predicted octanol–water partition coefficient (Wildman–Crippen LogP) is 2.20. The van der Waals surface area contributed by atoms with Gasteiger partial charge in [-0.1, -0.05) is 37.5 Å². The molecule has 1 aliphatic heterocycles. The first kappa shape index (κ1) is 13.4. The van der Waals surface area contributed by atoms with E-state index in [2.05, 4.69) is 0 Å². The van der Waals surface area contributed by atoms with E-state index < -0.39 is 18.1 Å². The van der Waals surface area contributed by atoms with Gasteiger partial charge in [0.05, 0.1) is 12.1 Å². The summed E-state index contributed by atoms with van der Waals surface area (Å²) in [5.74, 6) is -0.794. The maximum absolute atomic E-state index is 11.6. The number of rotatable bonds is 2. The molecule has 20 heavy (non-hydrogen) atoms. The number of fused-ring (bicyclic) bond motifs is 1. The van der Waals surface area contributed by atoms with Crippen LogP contribution in [0.1, 0.15) is 37.7 Å². The molecular weight excluding hydrogens is 254 g/mol. The number of anilines is 1. The second-order valence-corrected chi connectivity index (χ2v) is 5.87. The smallest absolute Gasteiger partial charge is 0.326 e. The van der Waals surface area contributed by atoms with Crippen molar-refractivity contribution in [2.45, 2.75) is 56.7 Å². The Hall–Kier alpha value is -1.55. The van der Waals surface area contributed by atoms with Crippen LogP contribution in [0.4, 0.5) is 5.69 Å². The largest absolute Gasteiger partial charge is 0.480 e. The SMILES string of the molecule is O=C(O)C1Cc2ccccc2N1C1CCCCCC1O. The summed E-state index contributed by atoms with van der Waals surface area (Å²) < 4.78 is 0. The molecule has 3 rings (SSSR count). The number of aliphatic hydroxyl groups excluding tert-OH is 1. The minimum absolute atomic E-state index is 0.0674. The Kier molecular flexibility index (Phi) is 3.66. The fourth-order valence-electron chi connectivity index (χ4n) is 3.62. The minimum Gasteiger partial charge on any atom is -0.480 e. The van der Waals surface area contributed by atoms with Crippen LogP contribution in [0, 0.1) is 0 Å². The monoisotopic (exact) mass is 275 g/mol. The van der Waals surface area contributed by atoms with Gasteiger partial charge in [0.2, 0.25) is 0 Å². The molecule has 4 heteroatoms. The molecule has 0 aromatic heterocycles. The maximum Gasteiger partial charge on any atom is 0.326 e. The van der Waals surface area contributed by atoms with Gasteiger partial charge in [0.15, 0.2) is 0 Å². The van der Waals surface area contributed by atoms with Crippen molar-refractivity contribution >= 4 is 11.7 Å². The molecule has 108 valence electrons. The number of benzene rings is 1. The molecule has 2 aliphatic rings. The number of aliphatic carboxylic acids is 1. The third-order valence-electron chi connectivity index (χ3n) is 4.61. The number of carbonyl (C=O) groups is 1. The van der Waals surface area contributed by atoms with Crippen molar-refractivity contribution < 1.29 is 15.0 Å². The fourth-order valence-corrected chi connectivity index (χ4v) is 3.62. The van der Waals surface area contributed by atoms with Gasteiger partial charge in [-0.3, -0.25) is 0 Å². The quantitative estimate of drug-likeness (QED) is 0.812. The zero-order valence-electron chi connectivity index (χ0n) is 11.5. The Morgan fingerprint density at radius 2 is 1.90 bits per heavy atom. The highest BCUT2D eigenvalue weighted by Gasteiger charge is 2.40. The molecule has 4 nitrogen and oxygen atoms in total. The van der Waals surface area contributed by atoms with Crippen LogP contribution < -0.4 is 4.90 Å². The van der Waals surface area contributed by atoms with Crippen molar-refractivity contribution in [1.82, 2.24) is 0 Å². The third kappa shape index (κ3) is 2.29. The van der Waals surface area contributed by atoms with Crippen LogP contribution in [-0.4, -0.2) is 34.4 Å². The third-order valence-corrected chi connectivity index (χ3v) is 4.61. The van der Waals surface area contributed by atoms with Gasteiger partial charge >= 0.3 is 5.97 Å². The van der Waals surface area contributed by atoms with Gasteiger partial charge < -0.3 is 15.1 Å². The highest BCUT2D eigenvalue weighted by Crippen LogP contribution is 2.37. The van der Waals surface area contributed by atoms with E-state index in [1.807, 2.05) is 29.2 Å². The minimum atomic E-state index is -0.794. The first-order chi connectivity index (χ1) is 9.68. The molecule has 0 radical (unpaired) electrons. The number of nitrogens with zero attached hydrogens (tertiary/aromatic N) is 1. The zero-order valence-corrected chi connectivity index (χ0v) is 11.5. The summed E-state index contributed by atoms with van der Waals surface area (Å²) in [5, 5.41) is 19.9. The number of carboxylic acids is 1. The van der Waals surface area contributed by atoms with Crippen LogP contribution >= 0.6 is 0 Å². The topological polar surface area (TPSA) is 60.8 Å². The summed E-state index contributed by atoms with van der Waals surface area (Å²) in [4.78, 5) is 13.6. The molecule has 1 aromatic rings. The van der Waals surface area contributed by atoms with Gasteiger partial charge in [0, 0.05) is 12.1 Å². The van der Waals surface area contributed by atoms with Crippen LogP contribution in [0.2, 0.25) is 0 Å². The number of aliphatic hydroxyl groups is 1. The predicted molar refractivity (Wildman–Crippen MR) is 76.9 cm³/mol. The van der Waals surface area contributed by atoms with E-state index in [4.69, 9.17) is 0 Å². The first-order valence-corrected chi connectivity index (χ1v) is 7.45. The van der Waals surface area contributed by atoms with Gasteiger partial charge in [0.1, 0.15) is 6.04 Å². The Morgan fingerprint density at radius 3 is 2.70 bits per heavy atom. The van der Waals surface area contributed by atoms with E-state index in [0.717, 1.165) is 43.4 Å². The lowest BCUT2D eigenvalue weighted by atomic mass is 10.0. The molecule has 0 saturated heterocycles. The molecule has 0 spiro atoms. The van der Waals surface area contributed by atoms with E-state index in [1.54, 1.807) is 0 Å². The van der Waals surface area contributed by atoms with Crippen LogP contribution in [-0.2, 0) is 11.2 Å². The highest BCUT2D eigenvalue weighted by molar-refractivity contribution is 5.82. The molecule has 1 saturated carbocycles. The summed E-state index contributed by atoms with van der Waals surface area (Å²) in [6.45, 7) is 0. The summed E-state index contributed by atoms with van der Waals surface area (Å²) in [6, 6.07) is 7.26. The van der Waals surface area contributed by atoms with Crippen molar-refractivity contribution in [3.63, 3.8) is 0 Å². The van der Waals surface area contributed by atoms with Crippen LogP contribution in [0.3, 0.4) is 0 Å². The number of para-hydroxylation sites is 1. The van der Waals surface area contributed by atoms with Gasteiger partial charge in [-0.15, -0.1) is 0 Å². The first-order valence-electron chi connectivity index (χ1n) is 7.45. The van der Waals surface area contributed by atoms with E-state index in [1.165, 1.54) is 0 Å². The summed E-state index contributed by atoms with van der Waals surface area (Å²) in [6.07, 6.45) is 4.98. The number of carboxylic acid groups (broad SMARTS) is 1. The average Bonchev–Trinajstić information content (AvgIpc) is 2.70. The molecule has 3 atom stereocenters. The summed E-state index contributed by atoms with van der Waals surface area (Å²) >= 11 is 0. The van der Waals surface area contributed by atoms with E-state index >= 15 is 0 Å². The normalized spacial score (nSPS) is 29.9. The van der Waals surface area contributed by atoms with Gasteiger partial charge in [-0.05, 0) is 24.5 Å². The summed E-state index contributed by atoms with van der Waals surface area (Å²) in [7, 11) is 0. The van der Waals surface area contributed by atoms with Crippen molar-refractivity contribution in [1.29, 1.82) is 0 Å². The molecule has 1 fully saturated rings. The van der Waals surface area contributed by atoms with Crippen LogP contribution in [0.15, 0.2) is 24.3 Å². The molecule has 1 heterocycles. The lowest BCUT2D eigenvalue weighted by molar-refractivity contribution is -0.138.